The molecule has 1 aromatic carbocycles. The summed E-state index contributed by atoms with van der Waals surface area (Å²) in [4.78, 5) is 5.41. The molecule has 2 rings (SSSR count). The first kappa shape index (κ1) is 11.7. The summed E-state index contributed by atoms with van der Waals surface area (Å²) in [6.45, 7) is 2.05. The van der Waals surface area contributed by atoms with Crippen molar-refractivity contribution >= 4 is 17.6 Å². The second kappa shape index (κ2) is 5.01. The predicted octanol–water partition coefficient (Wildman–Crippen LogP) is 2.83. The maximum absolute atomic E-state index is 7.52. The number of amidine groups is 1. The maximum Gasteiger partial charge on any atom is 0.125 e. The number of aromatic nitrogens is 1. The summed E-state index contributed by atoms with van der Waals surface area (Å²) < 4.78 is 0. The summed E-state index contributed by atoms with van der Waals surface area (Å²) in [5.74, 6) is 0.0502. The Morgan fingerprint density at radius 2 is 2.00 bits per heavy atom. The molecular formula is C13H13N3S. The molecule has 0 amide bonds. The highest BCUT2D eigenvalue weighted by atomic mass is 32.2. The standard InChI is InChI=1S/C13H13N3S/c1-9-5-2-3-7-11(9)17-13-10(12(14)15)6-4-8-16-13/h2-8H,1H3,(H3,14,15). The number of nitrogens with zero attached hydrogens (tertiary/aromatic N) is 1. The number of nitrogen functional groups attached to an aromatic ring is 1. The molecule has 0 atom stereocenters. The lowest BCUT2D eigenvalue weighted by molar-refractivity contribution is 1.11. The number of nitrogens with one attached hydrogen (secondary N) is 1. The van der Waals surface area contributed by atoms with Gasteiger partial charge in [-0.3, -0.25) is 5.41 Å². The molecular weight excluding hydrogens is 230 g/mol. The Balaban J connectivity index is 2.37. The van der Waals surface area contributed by atoms with Crippen molar-refractivity contribution in [3.8, 4) is 0 Å². The Morgan fingerprint density at radius 1 is 1.24 bits per heavy atom. The van der Waals surface area contributed by atoms with Crippen molar-refractivity contribution in [1.82, 2.24) is 4.98 Å². The van der Waals surface area contributed by atoms with E-state index in [2.05, 4.69) is 18.0 Å². The van der Waals surface area contributed by atoms with Gasteiger partial charge in [0.25, 0.3) is 0 Å². The van der Waals surface area contributed by atoms with Gasteiger partial charge in [-0.2, -0.15) is 0 Å². The van der Waals surface area contributed by atoms with Crippen molar-refractivity contribution in [3.63, 3.8) is 0 Å². The Kier molecular flexibility index (Phi) is 3.44. The van der Waals surface area contributed by atoms with Crippen molar-refractivity contribution in [2.45, 2.75) is 16.8 Å². The van der Waals surface area contributed by atoms with Crippen LogP contribution in [0.25, 0.3) is 0 Å². The van der Waals surface area contributed by atoms with E-state index in [-0.39, 0.29) is 5.84 Å². The Morgan fingerprint density at radius 3 is 2.71 bits per heavy atom. The smallest absolute Gasteiger partial charge is 0.125 e. The Hall–Kier alpha value is -1.81. The molecule has 0 fully saturated rings. The normalized spacial score (nSPS) is 10.2. The number of pyridine rings is 1. The zero-order chi connectivity index (χ0) is 12.3. The quantitative estimate of drug-likeness (QED) is 0.643. The van der Waals surface area contributed by atoms with Crippen molar-refractivity contribution in [1.29, 1.82) is 5.41 Å². The lowest BCUT2D eigenvalue weighted by Crippen LogP contribution is -2.12. The summed E-state index contributed by atoms with van der Waals surface area (Å²) in [6.07, 6.45) is 1.72. The van der Waals surface area contributed by atoms with E-state index in [1.807, 2.05) is 24.3 Å². The van der Waals surface area contributed by atoms with E-state index in [4.69, 9.17) is 11.1 Å². The molecule has 0 aliphatic heterocycles. The van der Waals surface area contributed by atoms with E-state index < -0.39 is 0 Å². The third-order valence-corrected chi connectivity index (χ3v) is 3.56. The average molecular weight is 243 g/mol. The van der Waals surface area contributed by atoms with Gasteiger partial charge in [-0.15, -0.1) is 0 Å². The average Bonchev–Trinajstić information content (AvgIpc) is 2.32. The molecule has 86 valence electrons. The molecule has 0 aliphatic rings. The fourth-order valence-corrected chi connectivity index (χ4v) is 2.44. The second-order valence-electron chi connectivity index (χ2n) is 3.64. The van der Waals surface area contributed by atoms with Gasteiger partial charge in [0.05, 0.1) is 0 Å². The van der Waals surface area contributed by atoms with Gasteiger partial charge in [0.2, 0.25) is 0 Å². The van der Waals surface area contributed by atoms with Crippen LogP contribution in [-0.2, 0) is 0 Å². The van der Waals surface area contributed by atoms with E-state index in [9.17, 15) is 0 Å². The maximum atomic E-state index is 7.52. The van der Waals surface area contributed by atoms with Crippen LogP contribution in [0.2, 0.25) is 0 Å². The summed E-state index contributed by atoms with van der Waals surface area (Å²) in [7, 11) is 0. The second-order valence-corrected chi connectivity index (χ2v) is 4.67. The van der Waals surface area contributed by atoms with Crippen LogP contribution in [0.1, 0.15) is 11.1 Å². The lowest BCUT2D eigenvalue weighted by Gasteiger charge is -2.08. The van der Waals surface area contributed by atoms with Crippen molar-refractivity contribution in [2.24, 2.45) is 5.73 Å². The van der Waals surface area contributed by atoms with E-state index in [0.717, 1.165) is 9.92 Å². The van der Waals surface area contributed by atoms with Crippen LogP contribution in [0.15, 0.2) is 52.5 Å². The van der Waals surface area contributed by atoms with E-state index in [1.54, 1.807) is 12.3 Å². The number of aryl methyl sites for hydroxylation is 1. The minimum absolute atomic E-state index is 0.0502. The minimum atomic E-state index is 0.0502. The lowest BCUT2D eigenvalue weighted by atomic mass is 10.2. The van der Waals surface area contributed by atoms with Crippen LogP contribution in [0, 0.1) is 12.3 Å². The van der Waals surface area contributed by atoms with Crippen LogP contribution in [0.4, 0.5) is 0 Å². The molecule has 0 unspecified atom stereocenters. The molecule has 17 heavy (non-hydrogen) atoms. The third kappa shape index (κ3) is 2.65. The van der Waals surface area contributed by atoms with Gasteiger partial charge in [0, 0.05) is 16.7 Å². The molecule has 0 saturated heterocycles. The highest BCUT2D eigenvalue weighted by molar-refractivity contribution is 7.99. The number of rotatable bonds is 3. The van der Waals surface area contributed by atoms with Crippen LogP contribution < -0.4 is 5.73 Å². The van der Waals surface area contributed by atoms with E-state index in [1.165, 1.54) is 17.3 Å². The van der Waals surface area contributed by atoms with E-state index >= 15 is 0 Å². The SMILES string of the molecule is Cc1ccccc1Sc1ncccc1C(=N)N. The van der Waals surface area contributed by atoms with Gasteiger partial charge in [0.1, 0.15) is 10.9 Å². The first-order chi connectivity index (χ1) is 8.18. The topological polar surface area (TPSA) is 62.8 Å². The zero-order valence-corrected chi connectivity index (χ0v) is 10.3. The number of hydrogen-bond acceptors (Lipinski definition) is 3. The fraction of sp³-hybridized carbons (Fsp3) is 0.0769. The fourth-order valence-electron chi connectivity index (χ4n) is 1.45. The van der Waals surface area contributed by atoms with Gasteiger partial charge < -0.3 is 5.73 Å². The Labute approximate surface area is 105 Å². The highest BCUT2D eigenvalue weighted by Crippen LogP contribution is 2.30. The van der Waals surface area contributed by atoms with Gasteiger partial charge in [-0.1, -0.05) is 30.0 Å². The molecule has 3 N–H and O–H groups in total. The molecule has 0 aliphatic carbocycles. The van der Waals surface area contributed by atoms with Crippen molar-refractivity contribution < 1.29 is 0 Å². The van der Waals surface area contributed by atoms with Crippen molar-refractivity contribution in [3.05, 3.63) is 53.7 Å². The van der Waals surface area contributed by atoms with Crippen LogP contribution in [0.5, 0.6) is 0 Å². The van der Waals surface area contributed by atoms with Gasteiger partial charge in [-0.25, -0.2) is 4.98 Å². The molecule has 3 nitrogen and oxygen atoms in total. The van der Waals surface area contributed by atoms with Crippen molar-refractivity contribution in [2.75, 3.05) is 0 Å². The molecule has 2 aromatic rings. The first-order valence-electron chi connectivity index (χ1n) is 5.21. The van der Waals surface area contributed by atoms with E-state index in [0.29, 0.717) is 5.56 Å². The van der Waals surface area contributed by atoms with Crippen LogP contribution in [-0.4, -0.2) is 10.8 Å². The minimum Gasteiger partial charge on any atom is -0.384 e. The van der Waals surface area contributed by atoms with Crippen LogP contribution >= 0.6 is 11.8 Å². The molecule has 0 radical (unpaired) electrons. The van der Waals surface area contributed by atoms with Gasteiger partial charge in [-0.05, 0) is 30.7 Å². The molecule has 0 saturated carbocycles. The Bertz CT molecular complexity index is 552. The summed E-state index contributed by atoms with van der Waals surface area (Å²) >= 11 is 1.54. The highest BCUT2D eigenvalue weighted by Gasteiger charge is 2.08. The summed E-state index contributed by atoms with van der Waals surface area (Å²) in [6, 6.07) is 11.7. The van der Waals surface area contributed by atoms with Crippen LogP contribution in [0.3, 0.4) is 0 Å². The first-order valence-corrected chi connectivity index (χ1v) is 6.03. The monoisotopic (exact) mass is 243 g/mol. The predicted molar refractivity (Wildman–Crippen MR) is 70.6 cm³/mol. The number of hydrogen-bond donors (Lipinski definition) is 2. The van der Waals surface area contributed by atoms with Gasteiger partial charge in [0.15, 0.2) is 0 Å². The number of nitrogens with two attached hydrogens (primary N) is 1. The summed E-state index contributed by atoms with van der Waals surface area (Å²) in [5.41, 5.74) is 7.41. The molecule has 1 aromatic heterocycles. The third-order valence-electron chi connectivity index (χ3n) is 2.36. The molecule has 0 spiro atoms. The number of benzene rings is 1. The zero-order valence-electron chi connectivity index (χ0n) is 9.47. The molecule has 4 heteroatoms. The molecule has 0 bridgehead atoms. The molecule has 1 heterocycles. The summed E-state index contributed by atoms with van der Waals surface area (Å²) in [5, 5.41) is 8.29. The van der Waals surface area contributed by atoms with Gasteiger partial charge >= 0.3 is 0 Å². The largest absolute Gasteiger partial charge is 0.384 e.